The molecule has 3 nitrogen and oxygen atoms in total. The van der Waals surface area contributed by atoms with Gasteiger partial charge in [-0.2, -0.15) is 10.2 Å². The molecule has 0 N–H and O–H groups in total. The molecule has 0 amide bonds. The second kappa shape index (κ2) is 6.30. The van der Waals surface area contributed by atoms with Crippen molar-refractivity contribution in [3.63, 3.8) is 0 Å². The number of halogens is 1. The molecular formula is C21H21ClN2O. The van der Waals surface area contributed by atoms with E-state index in [0.717, 1.165) is 11.4 Å². The summed E-state index contributed by atoms with van der Waals surface area (Å²) in [4.78, 5) is 0. The molecular weight excluding hydrogens is 332 g/mol. The monoisotopic (exact) mass is 352 g/mol. The summed E-state index contributed by atoms with van der Waals surface area (Å²) < 4.78 is 6.58. The van der Waals surface area contributed by atoms with Gasteiger partial charge in [0.1, 0.15) is 11.9 Å². The zero-order valence-corrected chi connectivity index (χ0v) is 15.2. The SMILES string of the molecule is Cc1cccc(C2CC2)c1OC1C=CC(Cl)=CC1(C)c1cccnn1. The van der Waals surface area contributed by atoms with E-state index in [2.05, 4.69) is 42.2 Å². The molecule has 2 aromatic rings. The topological polar surface area (TPSA) is 35.0 Å². The molecule has 0 bridgehead atoms. The first-order valence-corrected chi connectivity index (χ1v) is 9.06. The van der Waals surface area contributed by atoms with Gasteiger partial charge in [-0.15, -0.1) is 0 Å². The largest absolute Gasteiger partial charge is 0.484 e. The maximum absolute atomic E-state index is 6.58. The van der Waals surface area contributed by atoms with Crippen molar-refractivity contribution in [1.29, 1.82) is 0 Å². The van der Waals surface area contributed by atoms with Crippen LogP contribution < -0.4 is 4.74 Å². The first kappa shape index (κ1) is 16.3. The highest BCUT2D eigenvalue weighted by Crippen LogP contribution is 2.46. The van der Waals surface area contributed by atoms with Gasteiger partial charge >= 0.3 is 0 Å². The molecule has 1 heterocycles. The van der Waals surface area contributed by atoms with Gasteiger partial charge in [-0.1, -0.05) is 29.8 Å². The molecule has 1 saturated carbocycles. The molecule has 0 saturated heterocycles. The van der Waals surface area contributed by atoms with Crippen LogP contribution in [0, 0.1) is 6.92 Å². The van der Waals surface area contributed by atoms with Gasteiger partial charge in [0.15, 0.2) is 0 Å². The van der Waals surface area contributed by atoms with Gasteiger partial charge in [-0.25, -0.2) is 0 Å². The number of aryl methyl sites for hydroxylation is 1. The van der Waals surface area contributed by atoms with Crippen molar-refractivity contribution in [2.45, 2.75) is 44.1 Å². The highest BCUT2D eigenvalue weighted by atomic mass is 35.5. The number of benzene rings is 1. The highest BCUT2D eigenvalue weighted by molar-refractivity contribution is 6.31. The van der Waals surface area contributed by atoms with Crippen molar-refractivity contribution in [3.8, 4) is 5.75 Å². The number of rotatable bonds is 4. The van der Waals surface area contributed by atoms with E-state index < -0.39 is 5.41 Å². The minimum atomic E-state index is -0.469. The number of hydrogen-bond acceptors (Lipinski definition) is 3. The smallest absolute Gasteiger partial charge is 0.132 e. The van der Waals surface area contributed by atoms with Crippen LogP contribution in [0.1, 0.15) is 42.5 Å². The Balaban J connectivity index is 1.74. The van der Waals surface area contributed by atoms with Crippen molar-refractivity contribution in [1.82, 2.24) is 10.2 Å². The quantitative estimate of drug-likeness (QED) is 0.771. The van der Waals surface area contributed by atoms with Gasteiger partial charge < -0.3 is 4.74 Å². The van der Waals surface area contributed by atoms with Crippen LogP contribution >= 0.6 is 11.6 Å². The first-order chi connectivity index (χ1) is 12.1. The zero-order chi connectivity index (χ0) is 17.4. The summed E-state index contributed by atoms with van der Waals surface area (Å²) in [6, 6.07) is 10.3. The molecule has 0 spiro atoms. The predicted octanol–water partition coefficient (Wildman–Crippen LogP) is 5.06. The Morgan fingerprint density at radius 3 is 2.76 bits per heavy atom. The Morgan fingerprint density at radius 2 is 2.04 bits per heavy atom. The van der Waals surface area contributed by atoms with Crippen molar-refractivity contribution in [2.24, 2.45) is 0 Å². The van der Waals surface area contributed by atoms with Crippen LogP contribution in [0.2, 0.25) is 0 Å². The van der Waals surface area contributed by atoms with Crippen LogP contribution in [0.3, 0.4) is 0 Å². The lowest BCUT2D eigenvalue weighted by molar-refractivity contribution is 0.178. The van der Waals surface area contributed by atoms with Crippen molar-refractivity contribution in [3.05, 3.63) is 76.6 Å². The molecule has 25 heavy (non-hydrogen) atoms. The van der Waals surface area contributed by atoms with Crippen LogP contribution in [0.4, 0.5) is 0 Å². The summed E-state index contributed by atoms with van der Waals surface area (Å²) in [7, 11) is 0. The lowest BCUT2D eigenvalue weighted by Gasteiger charge is -2.35. The Bertz CT molecular complexity index is 842. The normalized spacial score (nSPS) is 25.6. The van der Waals surface area contributed by atoms with Crippen molar-refractivity contribution >= 4 is 11.6 Å². The van der Waals surface area contributed by atoms with Gasteiger partial charge in [0, 0.05) is 11.2 Å². The summed E-state index contributed by atoms with van der Waals surface area (Å²) >= 11 is 6.31. The fraction of sp³-hybridized carbons (Fsp3) is 0.333. The van der Waals surface area contributed by atoms with Gasteiger partial charge in [0.05, 0.1) is 11.1 Å². The lowest BCUT2D eigenvalue weighted by Crippen LogP contribution is -2.40. The molecule has 1 aromatic carbocycles. The molecule has 128 valence electrons. The molecule has 4 rings (SSSR count). The molecule has 2 aliphatic carbocycles. The molecule has 0 aliphatic heterocycles. The van der Waals surface area contributed by atoms with E-state index in [1.54, 1.807) is 6.20 Å². The fourth-order valence-electron chi connectivity index (χ4n) is 3.45. The van der Waals surface area contributed by atoms with Gasteiger partial charge in [0.2, 0.25) is 0 Å². The number of nitrogens with zero attached hydrogens (tertiary/aromatic N) is 2. The van der Waals surface area contributed by atoms with E-state index in [1.165, 1.54) is 24.0 Å². The third kappa shape index (κ3) is 3.09. The number of hydrogen-bond donors (Lipinski definition) is 0. The fourth-order valence-corrected chi connectivity index (χ4v) is 3.74. The van der Waals surface area contributed by atoms with Crippen LogP contribution in [0.5, 0.6) is 5.75 Å². The van der Waals surface area contributed by atoms with E-state index in [0.29, 0.717) is 11.0 Å². The third-order valence-corrected chi connectivity index (χ3v) is 5.32. The molecule has 4 heteroatoms. The molecule has 1 aromatic heterocycles. The van der Waals surface area contributed by atoms with Gasteiger partial charge in [-0.3, -0.25) is 0 Å². The average Bonchev–Trinajstić information content (AvgIpc) is 3.44. The van der Waals surface area contributed by atoms with E-state index in [9.17, 15) is 0 Å². The highest BCUT2D eigenvalue weighted by Gasteiger charge is 2.39. The predicted molar refractivity (Wildman–Crippen MR) is 100 cm³/mol. The van der Waals surface area contributed by atoms with Crippen LogP contribution in [-0.2, 0) is 5.41 Å². The Labute approximate surface area is 153 Å². The van der Waals surface area contributed by atoms with E-state index in [4.69, 9.17) is 16.3 Å². The van der Waals surface area contributed by atoms with E-state index in [-0.39, 0.29) is 6.10 Å². The van der Waals surface area contributed by atoms with Crippen LogP contribution in [0.15, 0.2) is 59.8 Å². The van der Waals surface area contributed by atoms with Crippen molar-refractivity contribution in [2.75, 3.05) is 0 Å². The summed E-state index contributed by atoms with van der Waals surface area (Å²) in [6.07, 6.45) is 9.92. The first-order valence-electron chi connectivity index (χ1n) is 8.69. The molecule has 1 fully saturated rings. The number of ether oxygens (including phenoxy) is 1. The molecule has 2 atom stereocenters. The Kier molecular flexibility index (Phi) is 4.12. The van der Waals surface area contributed by atoms with Crippen LogP contribution in [0.25, 0.3) is 0 Å². The van der Waals surface area contributed by atoms with Crippen molar-refractivity contribution < 1.29 is 4.74 Å². The number of allylic oxidation sites excluding steroid dienone is 2. The van der Waals surface area contributed by atoms with Gasteiger partial charge in [-0.05, 0) is 74.1 Å². The Hall–Kier alpha value is -2.13. The molecule has 2 aliphatic rings. The minimum Gasteiger partial charge on any atom is -0.484 e. The van der Waals surface area contributed by atoms with Gasteiger partial charge in [0.25, 0.3) is 0 Å². The second-order valence-electron chi connectivity index (χ2n) is 7.09. The summed E-state index contributed by atoms with van der Waals surface area (Å²) in [5.41, 5.74) is 2.86. The number of para-hydroxylation sites is 1. The molecule has 0 radical (unpaired) electrons. The third-order valence-electron chi connectivity index (χ3n) is 5.09. The van der Waals surface area contributed by atoms with Crippen LogP contribution in [-0.4, -0.2) is 16.3 Å². The standard InChI is InChI=1S/C21H21ClN2O/c1-14-5-3-6-17(15-8-9-15)20(14)25-19-11-10-16(22)13-21(19,2)18-7-4-12-23-24-18/h3-7,10-13,15,19H,8-9H2,1-2H3. The Morgan fingerprint density at radius 1 is 1.20 bits per heavy atom. The minimum absolute atomic E-state index is 0.190. The molecule has 2 unspecified atom stereocenters. The van der Waals surface area contributed by atoms with E-state index >= 15 is 0 Å². The van der Waals surface area contributed by atoms with E-state index in [1.807, 2.05) is 30.4 Å². The zero-order valence-electron chi connectivity index (χ0n) is 14.4. The summed E-state index contributed by atoms with van der Waals surface area (Å²) in [6.45, 7) is 4.21. The second-order valence-corrected chi connectivity index (χ2v) is 7.52. The number of aromatic nitrogens is 2. The summed E-state index contributed by atoms with van der Waals surface area (Å²) in [5.74, 6) is 1.63. The lowest BCUT2D eigenvalue weighted by atomic mass is 9.77. The maximum atomic E-state index is 6.58. The maximum Gasteiger partial charge on any atom is 0.132 e. The average molecular weight is 353 g/mol. The summed E-state index contributed by atoms with van der Waals surface area (Å²) in [5, 5.41) is 9.06.